The smallest absolute Gasteiger partial charge is 0.0607 e. The fourth-order valence-electron chi connectivity index (χ4n) is 2.60. The van der Waals surface area contributed by atoms with Gasteiger partial charge in [-0.05, 0) is 18.2 Å². The van der Waals surface area contributed by atoms with Crippen molar-refractivity contribution in [2.75, 3.05) is 36.5 Å². The summed E-state index contributed by atoms with van der Waals surface area (Å²) in [5, 5.41) is 2.11. The van der Waals surface area contributed by atoms with Crippen LogP contribution in [0.15, 0.2) is 35.7 Å². The molecular formula is C17H19N3S. The van der Waals surface area contributed by atoms with Crippen LogP contribution in [0.25, 0.3) is 0 Å². The molecule has 1 aliphatic heterocycles. The Morgan fingerprint density at radius 3 is 2.86 bits per heavy atom. The Morgan fingerprint density at radius 1 is 1.24 bits per heavy atom. The SMILES string of the molecule is CN1CCN(Cc2cc(C#CCN)cs2)c2ccccc21. The van der Waals surface area contributed by atoms with Gasteiger partial charge in [0.2, 0.25) is 0 Å². The molecule has 4 heteroatoms. The van der Waals surface area contributed by atoms with Gasteiger partial charge in [-0.2, -0.15) is 0 Å². The highest BCUT2D eigenvalue weighted by Gasteiger charge is 2.20. The lowest BCUT2D eigenvalue weighted by Gasteiger charge is -2.36. The molecule has 2 N–H and O–H groups in total. The second-order valence-electron chi connectivity index (χ2n) is 5.14. The van der Waals surface area contributed by atoms with Crippen LogP contribution in [0.1, 0.15) is 10.4 Å². The van der Waals surface area contributed by atoms with Crippen LogP contribution in [-0.2, 0) is 6.54 Å². The normalized spacial score (nSPS) is 13.6. The van der Waals surface area contributed by atoms with Crippen molar-refractivity contribution in [3.63, 3.8) is 0 Å². The molecule has 0 atom stereocenters. The molecule has 0 radical (unpaired) electrons. The second-order valence-corrected chi connectivity index (χ2v) is 6.14. The van der Waals surface area contributed by atoms with Gasteiger partial charge in [-0.15, -0.1) is 11.3 Å². The van der Waals surface area contributed by atoms with Crippen molar-refractivity contribution in [2.45, 2.75) is 6.54 Å². The molecule has 1 aromatic carbocycles. The van der Waals surface area contributed by atoms with Crippen molar-refractivity contribution in [2.24, 2.45) is 5.73 Å². The highest BCUT2D eigenvalue weighted by molar-refractivity contribution is 7.10. The Kier molecular flexibility index (Phi) is 4.14. The van der Waals surface area contributed by atoms with E-state index in [1.54, 1.807) is 11.3 Å². The second kappa shape index (κ2) is 6.21. The van der Waals surface area contributed by atoms with Crippen LogP contribution in [0.5, 0.6) is 0 Å². The molecule has 0 saturated carbocycles. The van der Waals surface area contributed by atoms with Crippen LogP contribution in [0.4, 0.5) is 11.4 Å². The van der Waals surface area contributed by atoms with Crippen molar-refractivity contribution in [1.29, 1.82) is 0 Å². The predicted molar refractivity (Wildman–Crippen MR) is 91.0 cm³/mol. The Morgan fingerprint density at radius 2 is 2.05 bits per heavy atom. The van der Waals surface area contributed by atoms with Crippen LogP contribution >= 0.6 is 11.3 Å². The van der Waals surface area contributed by atoms with Crippen LogP contribution in [0.3, 0.4) is 0 Å². The molecular weight excluding hydrogens is 278 g/mol. The standard InChI is InChI=1S/C17H19N3S/c1-19-9-10-20(17-7-3-2-6-16(17)19)12-15-11-14(13-21-15)5-4-8-18/h2-3,6-7,11,13H,8-10,12,18H2,1H3. The molecule has 3 rings (SSSR count). The van der Waals surface area contributed by atoms with Gasteiger partial charge in [-0.1, -0.05) is 24.0 Å². The number of nitrogens with two attached hydrogens (primary N) is 1. The number of anilines is 2. The average Bonchev–Trinajstić information content (AvgIpc) is 2.96. The maximum Gasteiger partial charge on any atom is 0.0607 e. The van der Waals surface area contributed by atoms with Crippen molar-refractivity contribution in [3.05, 3.63) is 46.2 Å². The zero-order valence-corrected chi connectivity index (χ0v) is 13.0. The van der Waals surface area contributed by atoms with Gasteiger partial charge < -0.3 is 15.5 Å². The molecule has 1 aliphatic rings. The first-order valence-electron chi connectivity index (χ1n) is 7.09. The Labute approximate surface area is 130 Å². The van der Waals surface area contributed by atoms with E-state index in [-0.39, 0.29) is 0 Å². The summed E-state index contributed by atoms with van der Waals surface area (Å²) in [5.41, 5.74) is 9.11. The number of rotatable bonds is 2. The Bertz CT molecular complexity index is 681. The molecule has 0 aliphatic carbocycles. The number of hydrogen-bond donors (Lipinski definition) is 1. The van der Waals surface area contributed by atoms with E-state index in [0.717, 1.165) is 25.2 Å². The molecule has 1 aromatic heterocycles. The first-order valence-corrected chi connectivity index (χ1v) is 7.97. The van der Waals surface area contributed by atoms with Crippen LogP contribution in [-0.4, -0.2) is 26.7 Å². The summed E-state index contributed by atoms with van der Waals surface area (Å²) in [6.07, 6.45) is 0. The summed E-state index contributed by atoms with van der Waals surface area (Å²) in [7, 11) is 2.15. The summed E-state index contributed by atoms with van der Waals surface area (Å²) in [6.45, 7) is 3.47. The van der Waals surface area contributed by atoms with E-state index in [4.69, 9.17) is 5.73 Å². The van der Waals surface area contributed by atoms with E-state index in [1.165, 1.54) is 16.3 Å². The Hall–Kier alpha value is -1.96. The third-order valence-electron chi connectivity index (χ3n) is 3.67. The van der Waals surface area contributed by atoms with E-state index < -0.39 is 0 Å². The molecule has 0 fully saturated rings. The lowest BCUT2D eigenvalue weighted by Crippen LogP contribution is -2.38. The molecule has 3 nitrogen and oxygen atoms in total. The minimum absolute atomic E-state index is 0.414. The summed E-state index contributed by atoms with van der Waals surface area (Å²) in [4.78, 5) is 6.11. The summed E-state index contributed by atoms with van der Waals surface area (Å²) in [5.74, 6) is 6.00. The third-order valence-corrected chi connectivity index (χ3v) is 4.60. The largest absolute Gasteiger partial charge is 0.371 e. The molecule has 21 heavy (non-hydrogen) atoms. The maximum absolute atomic E-state index is 5.42. The summed E-state index contributed by atoms with van der Waals surface area (Å²) < 4.78 is 0. The van der Waals surface area contributed by atoms with Gasteiger partial charge in [0, 0.05) is 36.0 Å². The van der Waals surface area contributed by atoms with Crippen molar-refractivity contribution in [3.8, 4) is 11.8 Å². The lowest BCUT2D eigenvalue weighted by molar-refractivity contribution is 0.739. The number of nitrogens with zero attached hydrogens (tertiary/aromatic N) is 2. The first-order chi connectivity index (χ1) is 10.3. The molecule has 108 valence electrons. The predicted octanol–water partition coefficient (Wildman–Crippen LogP) is 2.51. The van der Waals surface area contributed by atoms with Gasteiger partial charge in [0.1, 0.15) is 0 Å². The molecule has 0 unspecified atom stereocenters. The van der Waals surface area contributed by atoms with E-state index in [2.05, 4.69) is 64.4 Å². The number of thiophene rings is 1. The van der Waals surface area contributed by atoms with Gasteiger partial charge in [0.25, 0.3) is 0 Å². The minimum atomic E-state index is 0.414. The number of para-hydroxylation sites is 2. The summed E-state index contributed by atoms with van der Waals surface area (Å²) >= 11 is 1.77. The van der Waals surface area contributed by atoms with Gasteiger partial charge in [-0.3, -0.25) is 0 Å². The zero-order chi connectivity index (χ0) is 14.7. The fourth-order valence-corrected chi connectivity index (χ4v) is 3.43. The van der Waals surface area contributed by atoms with E-state index in [1.807, 2.05) is 0 Å². The van der Waals surface area contributed by atoms with Gasteiger partial charge in [0.05, 0.1) is 24.5 Å². The van der Waals surface area contributed by atoms with Crippen LogP contribution in [0.2, 0.25) is 0 Å². The minimum Gasteiger partial charge on any atom is -0.371 e. The molecule has 2 heterocycles. The van der Waals surface area contributed by atoms with Crippen molar-refractivity contribution >= 4 is 22.7 Å². The molecule has 0 saturated heterocycles. The first kappa shape index (κ1) is 14.0. The number of likely N-dealkylation sites (N-methyl/N-ethyl adjacent to an activating group) is 1. The lowest BCUT2D eigenvalue weighted by atomic mass is 10.1. The molecule has 0 bridgehead atoms. The van der Waals surface area contributed by atoms with Crippen molar-refractivity contribution in [1.82, 2.24) is 0 Å². The van der Waals surface area contributed by atoms with Crippen LogP contribution in [0, 0.1) is 11.8 Å². The zero-order valence-electron chi connectivity index (χ0n) is 12.2. The monoisotopic (exact) mass is 297 g/mol. The number of fused-ring (bicyclic) bond motifs is 1. The highest BCUT2D eigenvalue weighted by atomic mass is 32.1. The highest BCUT2D eigenvalue weighted by Crippen LogP contribution is 2.33. The van der Waals surface area contributed by atoms with Gasteiger partial charge >= 0.3 is 0 Å². The quantitative estimate of drug-likeness (QED) is 0.865. The van der Waals surface area contributed by atoms with Gasteiger partial charge in [-0.25, -0.2) is 0 Å². The maximum atomic E-state index is 5.42. The van der Waals surface area contributed by atoms with Crippen LogP contribution < -0.4 is 15.5 Å². The van der Waals surface area contributed by atoms with Gasteiger partial charge in [0.15, 0.2) is 0 Å². The summed E-state index contributed by atoms with van der Waals surface area (Å²) in [6, 6.07) is 10.8. The number of hydrogen-bond acceptors (Lipinski definition) is 4. The van der Waals surface area contributed by atoms with E-state index >= 15 is 0 Å². The average molecular weight is 297 g/mol. The molecule has 0 amide bonds. The molecule has 2 aromatic rings. The Balaban J connectivity index is 1.79. The fraction of sp³-hybridized carbons (Fsp3) is 0.294. The van der Waals surface area contributed by atoms with E-state index in [0.29, 0.717) is 6.54 Å². The van der Waals surface area contributed by atoms with Crippen molar-refractivity contribution < 1.29 is 0 Å². The third kappa shape index (κ3) is 3.05. The van der Waals surface area contributed by atoms with E-state index in [9.17, 15) is 0 Å². The molecule has 0 spiro atoms. The topological polar surface area (TPSA) is 32.5 Å². The number of benzene rings is 1.